The van der Waals surface area contributed by atoms with Crippen molar-refractivity contribution in [1.29, 1.82) is 0 Å². The zero-order valence-corrected chi connectivity index (χ0v) is 11.6. The van der Waals surface area contributed by atoms with Crippen LogP contribution >= 0.6 is 11.6 Å². The topological polar surface area (TPSA) is 63.9 Å². The summed E-state index contributed by atoms with van der Waals surface area (Å²) in [4.78, 5) is 18.2. The van der Waals surface area contributed by atoms with Gasteiger partial charge in [0.05, 0.1) is 17.3 Å². The lowest BCUT2D eigenvalue weighted by atomic mass is 10.0. The molecule has 1 saturated heterocycles. The second kappa shape index (κ2) is 5.58. The summed E-state index contributed by atoms with van der Waals surface area (Å²) in [6.07, 6.45) is 6.79. The molecule has 0 unspecified atom stereocenters. The van der Waals surface area contributed by atoms with E-state index in [-0.39, 0.29) is 5.91 Å². The fraction of sp³-hybridized carbons (Fsp3) is 0.385. The van der Waals surface area contributed by atoms with Crippen LogP contribution in [0.2, 0.25) is 5.02 Å². The largest absolute Gasteiger partial charge is 0.337 e. The van der Waals surface area contributed by atoms with Gasteiger partial charge in [-0.25, -0.2) is 9.67 Å². The molecule has 3 rings (SSSR count). The number of carbonyl (C=O) groups is 1. The number of likely N-dealkylation sites (tertiary alicyclic amines) is 1. The molecule has 2 aromatic heterocycles. The Morgan fingerprint density at radius 2 is 2.10 bits per heavy atom. The number of rotatable bonds is 2. The number of hydrogen-bond acceptors (Lipinski definition) is 4. The molecule has 7 heteroatoms. The van der Waals surface area contributed by atoms with E-state index in [1.165, 1.54) is 6.20 Å². The number of carbonyl (C=O) groups excluding carboxylic acids is 1. The highest BCUT2D eigenvalue weighted by Gasteiger charge is 2.25. The van der Waals surface area contributed by atoms with Gasteiger partial charge in [-0.3, -0.25) is 4.79 Å². The van der Waals surface area contributed by atoms with Crippen molar-refractivity contribution in [2.45, 2.75) is 18.9 Å². The van der Waals surface area contributed by atoms with Crippen molar-refractivity contribution >= 4 is 17.5 Å². The molecule has 1 amide bonds. The first-order chi connectivity index (χ1) is 9.74. The number of pyridine rings is 1. The van der Waals surface area contributed by atoms with E-state index in [4.69, 9.17) is 11.6 Å². The molecule has 0 saturated carbocycles. The first-order valence-corrected chi connectivity index (χ1v) is 6.88. The highest BCUT2D eigenvalue weighted by molar-refractivity contribution is 6.30. The van der Waals surface area contributed by atoms with Gasteiger partial charge < -0.3 is 4.90 Å². The van der Waals surface area contributed by atoms with Gasteiger partial charge in [-0.15, -0.1) is 5.10 Å². The molecule has 0 N–H and O–H groups in total. The zero-order valence-electron chi connectivity index (χ0n) is 10.8. The number of piperidine rings is 1. The summed E-state index contributed by atoms with van der Waals surface area (Å²) in [7, 11) is 0. The predicted molar refractivity (Wildman–Crippen MR) is 73.4 cm³/mol. The Labute approximate surface area is 121 Å². The van der Waals surface area contributed by atoms with Crippen molar-refractivity contribution in [2.24, 2.45) is 0 Å². The molecule has 104 valence electrons. The summed E-state index contributed by atoms with van der Waals surface area (Å²) < 4.78 is 1.86. The van der Waals surface area contributed by atoms with E-state index in [9.17, 15) is 4.79 Å². The second-order valence-corrected chi connectivity index (χ2v) is 5.20. The SMILES string of the molecule is O=C(c1ccc(Cl)cn1)N1CCC(n2ccnn2)CC1. The van der Waals surface area contributed by atoms with Gasteiger partial charge in [-0.2, -0.15) is 0 Å². The Morgan fingerprint density at radius 3 is 2.70 bits per heavy atom. The monoisotopic (exact) mass is 291 g/mol. The van der Waals surface area contributed by atoms with Gasteiger partial charge in [0, 0.05) is 25.5 Å². The van der Waals surface area contributed by atoms with Crippen molar-refractivity contribution in [3.63, 3.8) is 0 Å². The Morgan fingerprint density at radius 1 is 1.30 bits per heavy atom. The second-order valence-electron chi connectivity index (χ2n) is 4.77. The number of hydrogen-bond donors (Lipinski definition) is 0. The van der Waals surface area contributed by atoms with Gasteiger partial charge in [0.1, 0.15) is 5.69 Å². The van der Waals surface area contributed by atoms with Crippen LogP contribution in [0.3, 0.4) is 0 Å². The number of nitrogens with zero attached hydrogens (tertiary/aromatic N) is 5. The predicted octanol–water partition coefficient (Wildman–Crippen LogP) is 1.80. The van der Waals surface area contributed by atoms with Gasteiger partial charge in [-0.1, -0.05) is 16.8 Å². The smallest absolute Gasteiger partial charge is 0.272 e. The lowest BCUT2D eigenvalue weighted by molar-refractivity contribution is 0.0683. The zero-order chi connectivity index (χ0) is 13.9. The van der Waals surface area contributed by atoms with Crippen LogP contribution in [-0.4, -0.2) is 43.9 Å². The molecule has 0 bridgehead atoms. The van der Waals surface area contributed by atoms with E-state index in [1.54, 1.807) is 18.3 Å². The van der Waals surface area contributed by atoms with Gasteiger partial charge in [0.25, 0.3) is 5.91 Å². The number of amides is 1. The Bertz CT molecular complexity index is 575. The van der Waals surface area contributed by atoms with Gasteiger partial charge >= 0.3 is 0 Å². The van der Waals surface area contributed by atoms with E-state index in [2.05, 4.69) is 15.3 Å². The molecular formula is C13H14ClN5O. The lowest BCUT2D eigenvalue weighted by Crippen LogP contribution is -2.39. The molecule has 3 heterocycles. The molecular weight excluding hydrogens is 278 g/mol. The van der Waals surface area contributed by atoms with Gasteiger partial charge in [0.15, 0.2) is 0 Å². The third kappa shape index (κ3) is 2.65. The third-order valence-corrected chi connectivity index (χ3v) is 3.74. The van der Waals surface area contributed by atoms with Crippen LogP contribution in [0.5, 0.6) is 0 Å². The van der Waals surface area contributed by atoms with Crippen LogP contribution < -0.4 is 0 Å². The summed E-state index contributed by atoms with van der Waals surface area (Å²) in [5, 5.41) is 8.36. The normalized spacial score (nSPS) is 16.4. The van der Waals surface area contributed by atoms with E-state index in [0.29, 0.717) is 29.8 Å². The maximum Gasteiger partial charge on any atom is 0.272 e. The Hall–Kier alpha value is -1.95. The van der Waals surface area contributed by atoms with Crippen LogP contribution in [-0.2, 0) is 0 Å². The molecule has 1 aliphatic heterocycles. The lowest BCUT2D eigenvalue weighted by Gasteiger charge is -2.31. The van der Waals surface area contributed by atoms with Crippen LogP contribution in [0.1, 0.15) is 29.4 Å². The van der Waals surface area contributed by atoms with Crippen molar-refractivity contribution < 1.29 is 4.79 Å². The highest BCUT2D eigenvalue weighted by atomic mass is 35.5. The first kappa shape index (κ1) is 13.1. The third-order valence-electron chi connectivity index (χ3n) is 3.51. The maximum atomic E-state index is 12.3. The average molecular weight is 292 g/mol. The maximum absolute atomic E-state index is 12.3. The molecule has 6 nitrogen and oxygen atoms in total. The quantitative estimate of drug-likeness (QED) is 0.846. The minimum absolute atomic E-state index is 0.0429. The Balaban J connectivity index is 1.63. The molecule has 0 aromatic carbocycles. The number of halogens is 1. The minimum atomic E-state index is -0.0429. The van der Waals surface area contributed by atoms with Crippen molar-refractivity contribution in [3.8, 4) is 0 Å². The van der Waals surface area contributed by atoms with E-state index in [0.717, 1.165) is 12.8 Å². The molecule has 20 heavy (non-hydrogen) atoms. The standard InChI is InChI=1S/C13H14ClN5O/c14-10-1-2-12(15-9-10)13(20)18-6-3-11(4-7-18)19-8-5-16-17-19/h1-2,5,8-9,11H,3-4,6-7H2. The summed E-state index contributed by atoms with van der Waals surface area (Å²) in [6, 6.07) is 3.66. The van der Waals surface area contributed by atoms with Crippen LogP contribution in [0.15, 0.2) is 30.7 Å². The first-order valence-electron chi connectivity index (χ1n) is 6.50. The average Bonchev–Trinajstić information content (AvgIpc) is 3.02. The minimum Gasteiger partial charge on any atom is -0.337 e. The summed E-state index contributed by atoms with van der Waals surface area (Å²) in [6.45, 7) is 1.40. The Kier molecular flexibility index (Phi) is 3.64. The van der Waals surface area contributed by atoms with E-state index >= 15 is 0 Å². The van der Waals surface area contributed by atoms with Crippen LogP contribution in [0.4, 0.5) is 0 Å². The highest BCUT2D eigenvalue weighted by Crippen LogP contribution is 2.22. The van der Waals surface area contributed by atoms with Gasteiger partial charge in [-0.05, 0) is 25.0 Å². The summed E-state index contributed by atoms with van der Waals surface area (Å²) >= 11 is 5.78. The summed E-state index contributed by atoms with van der Waals surface area (Å²) in [5.74, 6) is -0.0429. The molecule has 0 spiro atoms. The molecule has 0 radical (unpaired) electrons. The molecule has 0 aliphatic carbocycles. The number of aromatic nitrogens is 4. The molecule has 2 aromatic rings. The summed E-state index contributed by atoms with van der Waals surface area (Å²) in [5.41, 5.74) is 0.439. The molecule has 0 atom stereocenters. The van der Waals surface area contributed by atoms with Crippen molar-refractivity contribution in [1.82, 2.24) is 24.9 Å². The fourth-order valence-corrected chi connectivity index (χ4v) is 2.52. The molecule has 1 aliphatic rings. The van der Waals surface area contributed by atoms with Gasteiger partial charge in [0.2, 0.25) is 0 Å². The van der Waals surface area contributed by atoms with Crippen molar-refractivity contribution in [3.05, 3.63) is 41.4 Å². The van der Waals surface area contributed by atoms with Crippen LogP contribution in [0.25, 0.3) is 0 Å². The van der Waals surface area contributed by atoms with Crippen LogP contribution in [0, 0.1) is 0 Å². The van der Waals surface area contributed by atoms with Crippen molar-refractivity contribution in [2.75, 3.05) is 13.1 Å². The van der Waals surface area contributed by atoms with E-state index in [1.807, 2.05) is 15.8 Å². The van der Waals surface area contributed by atoms with E-state index < -0.39 is 0 Å². The molecule has 1 fully saturated rings. The fourth-order valence-electron chi connectivity index (χ4n) is 2.41.